The van der Waals surface area contributed by atoms with E-state index in [4.69, 9.17) is 21.3 Å². The van der Waals surface area contributed by atoms with Gasteiger partial charge in [-0.15, -0.1) is 0 Å². The summed E-state index contributed by atoms with van der Waals surface area (Å²) in [5.74, 6) is -0.528. The van der Waals surface area contributed by atoms with Crippen LogP contribution < -0.4 is 21.5 Å². The lowest BCUT2D eigenvalue weighted by Crippen LogP contribution is -2.52. The third-order valence-electron chi connectivity index (χ3n) is 3.09. The van der Waals surface area contributed by atoms with Crippen LogP contribution in [0.4, 0.5) is 11.4 Å². The van der Waals surface area contributed by atoms with E-state index in [0.717, 1.165) is 0 Å². The molecule has 1 aromatic rings. The lowest BCUT2D eigenvalue weighted by atomic mass is 10.1. The molecule has 0 radical (unpaired) electrons. The molecule has 6 N–H and O–H groups in total. The van der Waals surface area contributed by atoms with Crippen LogP contribution in [0.15, 0.2) is 23.1 Å². The van der Waals surface area contributed by atoms with Gasteiger partial charge in [-0.05, 0) is 18.2 Å². The van der Waals surface area contributed by atoms with E-state index in [1.54, 1.807) is 4.90 Å². The third kappa shape index (κ3) is 2.84. The number of ether oxygens (including phenoxy) is 1. The normalized spacial score (nSPS) is 19.9. The van der Waals surface area contributed by atoms with Crippen LogP contribution in [-0.2, 0) is 19.6 Å². The Hall–Kier alpha value is -1.84. The topological polar surface area (TPSA) is 142 Å². The molecule has 0 spiro atoms. The highest BCUT2D eigenvalue weighted by atomic mass is 32.2. The number of amides is 1. The van der Waals surface area contributed by atoms with Crippen LogP contribution in [0.2, 0.25) is 0 Å². The Morgan fingerprint density at radius 2 is 2.10 bits per heavy atom. The molecule has 9 heteroatoms. The minimum absolute atomic E-state index is 0.0809. The lowest BCUT2D eigenvalue weighted by molar-refractivity contribution is -0.121. The van der Waals surface area contributed by atoms with E-state index < -0.39 is 22.0 Å². The number of anilines is 2. The summed E-state index contributed by atoms with van der Waals surface area (Å²) >= 11 is 0. The number of nitrogens with two attached hydrogens (primary N) is 3. The van der Waals surface area contributed by atoms with Crippen molar-refractivity contribution in [2.75, 3.05) is 30.4 Å². The van der Waals surface area contributed by atoms with Crippen molar-refractivity contribution in [2.24, 2.45) is 10.9 Å². The van der Waals surface area contributed by atoms with Gasteiger partial charge in [0.1, 0.15) is 6.04 Å². The zero-order valence-corrected chi connectivity index (χ0v) is 11.5. The van der Waals surface area contributed by atoms with Gasteiger partial charge in [-0.2, -0.15) is 0 Å². The summed E-state index contributed by atoms with van der Waals surface area (Å²) in [7, 11) is -3.82. The average molecular weight is 300 g/mol. The fourth-order valence-corrected chi connectivity index (χ4v) is 2.65. The molecule has 1 atom stereocenters. The number of carbonyl (C=O) groups excluding carboxylic acids is 1. The Labute approximate surface area is 116 Å². The molecule has 0 bridgehead atoms. The quantitative estimate of drug-likeness (QED) is 0.586. The Balaban J connectivity index is 2.39. The van der Waals surface area contributed by atoms with Gasteiger partial charge < -0.3 is 21.1 Å². The predicted molar refractivity (Wildman–Crippen MR) is 73.4 cm³/mol. The summed E-state index contributed by atoms with van der Waals surface area (Å²) < 4.78 is 27.7. The first-order valence-corrected chi connectivity index (χ1v) is 7.41. The van der Waals surface area contributed by atoms with Crippen molar-refractivity contribution in [2.45, 2.75) is 10.9 Å². The van der Waals surface area contributed by atoms with E-state index in [2.05, 4.69) is 0 Å². The average Bonchev–Trinajstić information content (AvgIpc) is 2.37. The van der Waals surface area contributed by atoms with E-state index >= 15 is 0 Å². The van der Waals surface area contributed by atoms with Crippen LogP contribution in [0.3, 0.4) is 0 Å². The second kappa shape index (κ2) is 5.27. The molecule has 1 unspecified atom stereocenters. The summed E-state index contributed by atoms with van der Waals surface area (Å²) in [5.41, 5.74) is 11.9. The number of carbonyl (C=O) groups is 1. The van der Waals surface area contributed by atoms with Crippen molar-refractivity contribution >= 4 is 27.3 Å². The van der Waals surface area contributed by atoms with Crippen molar-refractivity contribution < 1.29 is 17.9 Å². The molecule has 20 heavy (non-hydrogen) atoms. The number of rotatable bonds is 3. The fourth-order valence-electron chi connectivity index (χ4n) is 2.10. The molecule has 0 aliphatic carbocycles. The molecule has 0 saturated carbocycles. The fraction of sp³-hybridized carbons (Fsp3) is 0.364. The Kier molecular flexibility index (Phi) is 3.84. The van der Waals surface area contributed by atoms with Gasteiger partial charge in [0, 0.05) is 6.54 Å². The number of benzene rings is 1. The Morgan fingerprint density at radius 1 is 1.40 bits per heavy atom. The molecule has 1 amide bonds. The number of morpholine rings is 1. The largest absolute Gasteiger partial charge is 0.397 e. The summed E-state index contributed by atoms with van der Waals surface area (Å²) in [6, 6.07) is 3.48. The first kappa shape index (κ1) is 14.6. The molecule has 1 aromatic carbocycles. The van der Waals surface area contributed by atoms with Crippen molar-refractivity contribution in [1.82, 2.24) is 0 Å². The van der Waals surface area contributed by atoms with Gasteiger partial charge in [0.15, 0.2) is 0 Å². The van der Waals surface area contributed by atoms with Crippen LogP contribution >= 0.6 is 0 Å². The molecular formula is C11H16N4O4S. The SMILES string of the molecule is NC(=O)C1COCCN1c1ccc(S(N)(=O)=O)cc1N. The lowest BCUT2D eigenvalue weighted by Gasteiger charge is -2.36. The van der Waals surface area contributed by atoms with Crippen LogP contribution in [-0.4, -0.2) is 40.1 Å². The molecule has 1 fully saturated rings. The zero-order chi connectivity index (χ0) is 14.9. The molecule has 2 rings (SSSR count). The maximum Gasteiger partial charge on any atom is 0.242 e. The Bertz CT molecular complexity index is 631. The predicted octanol–water partition coefficient (Wildman–Crippen LogP) is -1.39. The molecule has 1 saturated heterocycles. The maximum absolute atomic E-state index is 11.4. The van der Waals surface area contributed by atoms with Gasteiger partial charge >= 0.3 is 0 Å². The zero-order valence-electron chi connectivity index (χ0n) is 10.7. The first-order valence-electron chi connectivity index (χ1n) is 5.86. The van der Waals surface area contributed by atoms with Crippen molar-refractivity contribution in [1.29, 1.82) is 0 Å². The molecule has 1 aliphatic heterocycles. The van der Waals surface area contributed by atoms with Crippen LogP contribution in [0.5, 0.6) is 0 Å². The third-order valence-corrected chi connectivity index (χ3v) is 4.00. The summed E-state index contributed by atoms with van der Waals surface area (Å²) in [4.78, 5) is 13.0. The molecule has 1 aliphatic rings. The second-order valence-corrected chi connectivity index (χ2v) is 6.01. The number of nitrogen functional groups attached to an aromatic ring is 1. The smallest absolute Gasteiger partial charge is 0.242 e. The van der Waals surface area contributed by atoms with Crippen molar-refractivity contribution in [3.63, 3.8) is 0 Å². The Morgan fingerprint density at radius 3 is 2.65 bits per heavy atom. The number of primary amides is 1. The highest BCUT2D eigenvalue weighted by molar-refractivity contribution is 7.89. The number of primary sulfonamides is 1. The standard InChI is InChI=1S/C11H16N4O4S/c12-8-5-7(20(14,17)18)1-2-9(8)15-3-4-19-6-10(15)11(13)16/h1-2,5,10H,3-4,6,12H2,(H2,13,16)(H2,14,17,18). The second-order valence-electron chi connectivity index (χ2n) is 4.45. The number of hydrogen-bond donors (Lipinski definition) is 3. The highest BCUT2D eigenvalue weighted by Crippen LogP contribution is 2.28. The molecular weight excluding hydrogens is 284 g/mol. The van der Waals surface area contributed by atoms with Crippen molar-refractivity contribution in [3.05, 3.63) is 18.2 Å². The molecule has 1 heterocycles. The summed E-state index contributed by atoms with van der Waals surface area (Å²) in [6.07, 6.45) is 0. The monoisotopic (exact) mass is 300 g/mol. The van der Waals surface area contributed by atoms with Crippen LogP contribution in [0, 0.1) is 0 Å². The van der Waals surface area contributed by atoms with E-state index in [1.807, 2.05) is 0 Å². The maximum atomic E-state index is 11.4. The summed E-state index contributed by atoms with van der Waals surface area (Å²) in [5, 5.41) is 5.04. The number of nitrogens with zero attached hydrogens (tertiary/aromatic N) is 1. The molecule has 110 valence electrons. The van der Waals surface area contributed by atoms with Crippen LogP contribution in [0.25, 0.3) is 0 Å². The van der Waals surface area contributed by atoms with E-state index in [-0.39, 0.29) is 17.2 Å². The van der Waals surface area contributed by atoms with Gasteiger partial charge in [0.2, 0.25) is 15.9 Å². The van der Waals surface area contributed by atoms with E-state index in [9.17, 15) is 13.2 Å². The van der Waals surface area contributed by atoms with Gasteiger partial charge in [-0.25, -0.2) is 13.6 Å². The first-order chi connectivity index (χ1) is 9.30. The van der Waals surface area contributed by atoms with Gasteiger partial charge in [0.25, 0.3) is 0 Å². The van der Waals surface area contributed by atoms with Crippen molar-refractivity contribution in [3.8, 4) is 0 Å². The molecule has 8 nitrogen and oxygen atoms in total. The minimum atomic E-state index is -3.82. The molecule has 0 aromatic heterocycles. The van der Waals surface area contributed by atoms with E-state index in [1.165, 1.54) is 18.2 Å². The minimum Gasteiger partial charge on any atom is -0.397 e. The van der Waals surface area contributed by atoms with E-state index in [0.29, 0.717) is 18.8 Å². The number of hydrogen-bond acceptors (Lipinski definition) is 6. The van der Waals surface area contributed by atoms with Crippen LogP contribution in [0.1, 0.15) is 0 Å². The summed E-state index contributed by atoms with van der Waals surface area (Å²) in [6.45, 7) is 1.04. The van der Waals surface area contributed by atoms with Gasteiger partial charge in [-0.3, -0.25) is 4.79 Å². The van der Waals surface area contributed by atoms with Gasteiger partial charge in [-0.1, -0.05) is 0 Å². The van der Waals surface area contributed by atoms with Gasteiger partial charge in [0.05, 0.1) is 29.5 Å². The highest BCUT2D eigenvalue weighted by Gasteiger charge is 2.29. The number of sulfonamides is 1.